The molecule has 0 saturated carbocycles. The Hall–Kier alpha value is -3.21. The van der Waals surface area contributed by atoms with Gasteiger partial charge in [-0.05, 0) is 51.1 Å². The lowest BCUT2D eigenvalue weighted by molar-refractivity contribution is 0.0361. The molecule has 1 aromatic rings. The van der Waals surface area contributed by atoms with E-state index >= 15 is 0 Å². The molecule has 2 amide bonds. The third-order valence-corrected chi connectivity index (χ3v) is 7.72. The maximum atomic E-state index is 12.4. The average molecular weight is 578 g/mol. The van der Waals surface area contributed by atoms with Crippen LogP contribution in [0.5, 0.6) is 11.5 Å². The Morgan fingerprint density at radius 2 is 1.63 bits per heavy atom. The number of carbonyl (C=O) groups is 3. The molecule has 2 aliphatic heterocycles. The number of unbranched alkanes of at least 4 members (excludes halogenated alkanes) is 6. The van der Waals surface area contributed by atoms with E-state index in [2.05, 4.69) is 20.3 Å². The Bertz CT molecular complexity index is 981. The van der Waals surface area contributed by atoms with E-state index in [0.717, 1.165) is 57.3 Å². The number of fused-ring (bicyclic) bond motifs is 1. The van der Waals surface area contributed by atoms with Crippen molar-refractivity contribution in [1.82, 2.24) is 15.5 Å². The van der Waals surface area contributed by atoms with Gasteiger partial charge in [0.15, 0.2) is 0 Å². The molecule has 0 radical (unpaired) electrons. The molecule has 0 unspecified atom stereocenters. The molecule has 11 heteroatoms. The van der Waals surface area contributed by atoms with Crippen LogP contribution in [0.4, 0.5) is 9.59 Å². The number of likely N-dealkylation sites (tertiary alicyclic amines) is 1. The summed E-state index contributed by atoms with van der Waals surface area (Å²) in [5.41, 5.74) is 1.40. The van der Waals surface area contributed by atoms with Gasteiger partial charge in [0, 0.05) is 37.3 Å². The summed E-state index contributed by atoms with van der Waals surface area (Å²) >= 11 is 0. The quantitative estimate of drug-likeness (QED) is 0.150. The summed E-state index contributed by atoms with van der Waals surface area (Å²) in [6.45, 7) is 3.73. The minimum atomic E-state index is -0.487. The number of nitrogens with one attached hydrogen (secondary N) is 2. The fourth-order valence-corrected chi connectivity index (χ4v) is 5.39. The second-order valence-corrected chi connectivity index (χ2v) is 10.6. The molecule has 1 fully saturated rings. The first-order valence-electron chi connectivity index (χ1n) is 14.9. The maximum Gasteiger partial charge on any atom is 0.407 e. The summed E-state index contributed by atoms with van der Waals surface area (Å²) in [4.78, 5) is 37.8. The monoisotopic (exact) mass is 577 g/mol. The Balaban J connectivity index is 1.17. The van der Waals surface area contributed by atoms with Gasteiger partial charge in [-0.1, -0.05) is 32.1 Å². The van der Waals surface area contributed by atoms with E-state index in [1.54, 1.807) is 20.3 Å². The summed E-state index contributed by atoms with van der Waals surface area (Å²) in [6, 6.07) is 3.76. The van der Waals surface area contributed by atoms with E-state index in [1.807, 2.05) is 6.07 Å². The topological polar surface area (TPSA) is 125 Å². The number of amides is 2. The number of piperidine rings is 1. The van der Waals surface area contributed by atoms with Crippen LogP contribution in [0.3, 0.4) is 0 Å². The predicted octanol–water partition coefficient (Wildman–Crippen LogP) is 4.97. The minimum absolute atomic E-state index is 0.150. The van der Waals surface area contributed by atoms with Gasteiger partial charge in [-0.15, -0.1) is 0 Å². The number of cyclic esters (lactones) is 1. The summed E-state index contributed by atoms with van der Waals surface area (Å²) in [7, 11) is 4.47. The highest BCUT2D eigenvalue weighted by Crippen LogP contribution is 2.41. The lowest BCUT2D eigenvalue weighted by atomic mass is 9.98. The molecule has 11 nitrogen and oxygen atoms in total. The molecule has 2 heterocycles. The minimum Gasteiger partial charge on any atom is -0.497 e. The smallest absolute Gasteiger partial charge is 0.407 e. The molecular formula is C30H47N3O8. The van der Waals surface area contributed by atoms with Crippen molar-refractivity contribution < 1.29 is 38.1 Å². The number of hydrogen-bond donors (Lipinski definition) is 2. The zero-order chi connectivity index (χ0) is 29.5. The molecule has 230 valence electrons. The standard InChI is InChI=1S/C30H47N3O8/c1-37-23-20-24-25(41-28(34)27(24)26(21-23)38-2)12-9-7-5-4-6-8-10-16-33-17-13-22(14-18-33)32-30(36)40-19-11-15-31-29(35)39-3/h20-22,25H,4-19H2,1-3H3,(H,31,35)(H,32,36)/t25-/m1/s1. The number of carbonyl (C=O) groups excluding carboxylic acids is 3. The Kier molecular flexibility index (Phi) is 13.8. The zero-order valence-electron chi connectivity index (χ0n) is 24.8. The van der Waals surface area contributed by atoms with Gasteiger partial charge in [0.1, 0.15) is 23.2 Å². The third kappa shape index (κ3) is 10.6. The average Bonchev–Trinajstić information content (AvgIpc) is 3.31. The predicted molar refractivity (Wildman–Crippen MR) is 154 cm³/mol. The van der Waals surface area contributed by atoms with E-state index < -0.39 is 12.2 Å². The zero-order valence-corrected chi connectivity index (χ0v) is 24.8. The van der Waals surface area contributed by atoms with Crippen LogP contribution in [0.2, 0.25) is 0 Å². The molecule has 0 spiro atoms. The fraction of sp³-hybridized carbons (Fsp3) is 0.700. The van der Waals surface area contributed by atoms with Gasteiger partial charge < -0.3 is 39.2 Å². The number of ether oxygens (including phenoxy) is 5. The van der Waals surface area contributed by atoms with E-state index in [-0.39, 0.29) is 24.7 Å². The Morgan fingerprint density at radius 1 is 0.927 bits per heavy atom. The summed E-state index contributed by atoms with van der Waals surface area (Å²) < 4.78 is 26.0. The fourth-order valence-electron chi connectivity index (χ4n) is 5.39. The normalized spacial score (nSPS) is 17.0. The van der Waals surface area contributed by atoms with Crippen LogP contribution in [0, 0.1) is 0 Å². The van der Waals surface area contributed by atoms with Crippen molar-refractivity contribution in [2.24, 2.45) is 0 Å². The van der Waals surface area contributed by atoms with Crippen LogP contribution in [-0.2, 0) is 14.2 Å². The Morgan fingerprint density at radius 3 is 2.32 bits per heavy atom. The summed E-state index contributed by atoms with van der Waals surface area (Å²) in [5.74, 6) is 0.864. The molecule has 1 saturated heterocycles. The Labute approximate surface area is 243 Å². The first kappa shape index (κ1) is 32.3. The maximum absolute atomic E-state index is 12.4. The first-order chi connectivity index (χ1) is 19.9. The van der Waals surface area contributed by atoms with Crippen molar-refractivity contribution >= 4 is 18.2 Å². The number of methoxy groups -OCH3 is 3. The highest BCUT2D eigenvalue weighted by molar-refractivity contribution is 5.97. The lowest BCUT2D eigenvalue weighted by Gasteiger charge is -2.32. The van der Waals surface area contributed by atoms with Gasteiger partial charge in [-0.25, -0.2) is 14.4 Å². The summed E-state index contributed by atoms with van der Waals surface area (Å²) in [5, 5.41) is 5.50. The van der Waals surface area contributed by atoms with Gasteiger partial charge in [0.05, 0.1) is 27.9 Å². The molecule has 2 N–H and O–H groups in total. The molecule has 0 aliphatic carbocycles. The van der Waals surface area contributed by atoms with Crippen LogP contribution in [0.15, 0.2) is 12.1 Å². The van der Waals surface area contributed by atoms with Gasteiger partial charge in [0.25, 0.3) is 0 Å². The highest BCUT2D eigenvalue weighted by Gasteiger charge is 2.34. The first-order valence-corrected chi connectivity index (χ1v) is 14.9. The van der Waals surface area contributed by atoms with Crippen LogP contribution in [0.1, 0.15) is 92.7 Å². The highest BCUT2D eigenvalue weighted by atomic mass is 16.6. The molecule has 41 heavy (non-hydrogen) atoms. The van der Waals surface area contributed by atoms with Gasteiger partial charge in [-0.3, -0.25) is 0 Å². The lowest BCUT2D eigenvalue weighted by Crippen LogP contribution is -2.45. The van der Waals surface area contributed by atoms with E-state index in [9.17, 15) is 14.4 Å². The van der Waals surface area contributed by atoms with Crippen LogP contribution in [-0.4, -0.2) is 83.2 Å². The molecule has 1 aromatic carbocycles. The summed E-state index contributed by atoms with van der Waals surface area (Å²) in [6.07, 6.45) is 10.3. The van der Waals surface area contributed by atoms with E-state index in [0.29, 0.717) is 30.0 Å². The van der Waals surface area contributed by atoms with Crippen molar-refractivity contribution in [3.63, 3.8) is 0 Å². The van der Waals surface area contributed by atoms with Crippen molar-refractivity contribution in [2.75, 3.05) is 54.1 Å². The molecule has 0 aromatic heterocycles. The number of esters is 1. The van der Waals surface area contributed by atoms with Crippen molar-refractivity contribution in [3.8, 4) is 11.5 Å². The molecular weight excluding hydrogens is 530 g/mol. The van der Waals surface area contributed by atoms with Crippen molar-refractivity contribution in [3.05, 3.63) is 23.3 Å². The van der Waals surface area contributed by atoms with Gasteiger partial charge >= 0.3 is 18.2 Å². The third-order valence-electron chi connectivity index (χ3n) is 7.72. The van der Waals surface area contributed by atoms with Gasteiger partial charge in [0.2, 0.25) is 0 Å². The number of alkyl carbamates (subject to hydrolysis) is 2. The van der Waals surface area contributed by atoms with Crippen molar-refractivity contribution in [1.29, 1.82) is 0 Å². The molecule has 2 aliphatic rings. The van der Waals surface area contributed by atoms with Gasteiger partial charge in [-0.2, -0.15) is 0 Å². The number of rotatable bonds is 17. The molecule has 3 rings (SSSR count). The van der Waals surface area contributed by atoms with Crippen LogP contribution >= 0.6 is 0 Å². The van der Waals surface area contributed by atoms with Crippen LogP contribution < -0.4 is 20.1 Å². The van der Waals surface area contributed by atoms with E-state index in [4.69, 9.17) is 18.9 Å². The van der Waals surface area contributed by atoms with Crippen LogP contribution in [0.25, 0.3) is 0 Å². The molecule has 0 bridgehead atoms. The molecule has 1 atom stereocenters. The largest absolute Gasteiger partial charge is 0.497 e. The number of benzene rings is 1. The van der Waals surface area contributed by atoms with E-state index in [1.165, 1.54) is 39.2 Å². The van der Waals surface area contributed by atoms with Crippen molar-refractivity contribution in [2.45, 2.75) is 82.8 Å². The SMILES string of the molecule is COC(=O)NCCCOC(=O)NC1CCN(CCCCCCCCC[C@H]2OC(=O)c3c(OC)cc(OC)cc32)CC1. The number of hydrogen-bond acceptors (Lipinski definition) is 9. The number of nitrogens with zero attached hydrogens (tertiary/aromatic N) is 1. The second-order valence-electron chi connectivity index (χ2n) is 10.6. The second kappa shape index (κ2) is 17.6.